The standard InChI is InChI=1S/C13H16F5NO2/c1-8(2)19-5-9-3-10(14)12(11(15)4-9)21-7-20-6-13(16,17)18/h3-4,8,19H,5-7H2,1-2H3. The molecule has 1 N–H and O–H groups in total. The van der Waals surface area contributed by atoms with Gasteiger partial charge in [-0.05, 0) is 17.7 Å². The van der Waals surface area contributed by atoms with Crippen LogP contribution in [0.25, 0.3) is 0 Å². The number of benzene rings is 1. The largest absolute Gasteiger partial charge is 0.461 e. The quantitative estimate of drug-likeness (QED) is 0.475. The van der Waals surface area contributed by atoms with Gasteiger partial charge >= 0.3 is 6.18 Å². The normalized spacial score (nSPS) is 12.0. The average Bonchev–Trinajstić information content (AvgIpc) is 2.33. The molecule has 0 bridgehead atoms. The van der Waals surface area contributed by atoms with Gasteiger partial charge in [-0.2, -0.15) is 13.2 Å². The molecule has 0 fully saturated rings. The second-order valence-electron chi connectivity index (χ2n) is 4.65. The SMILES string of the molecule is CC(C)NCc1cc(F)c(OCOCC(F)(F)F)c(F)c1. The van der Waals surface area contributed by atoms with Crippen LogP contribution in [0.3, 0.4) is 0 Å². The zero-order chi connectivity index (χ0) is 16.0. The van der Waals surface area contributed by atoms with Gasteiger partial charge in [-0.1, -0.05) is 13.8 Å². The molecular weight excluding hydrogens is 297 g/mol. The summed E-state index contributed by atoms with van der Waals surface area (Å²) in [4.78, 5) is 0. The van der Waals surface area contributed by atoms with E-state index in [4.69, 9.17) is 0 Å². The first-order chi connectivity index (χ1) is 9.69. The van der Waals surface area contributed by atoms with E-state index in [2.05, 4.69) is 14.8 Å². The van der Waals surface area contributed by atoms with Crippen LogP contribution >= 0.6 is 0 Å². The van der Waals surface area contributed by atoms with Gasteiger partial charge in [-0.25, -0.2) is 8.78 Å². The fourth-order valence-corrected chi connectivity index (χ4v) is 1.43. The zero-order valence-corrected chi connectivity index (χ0v) is 11.6. The molecule has 21 heavy (non-hydrogen) atoms. The van der Waals surface area contributed by atoms with Crippen molar-refractivity contribution >= 4 is 0 Å². The molecule has 8 heteroatoms. The Bertz CT molecular complexity index is 439. The maximum absolute atomic E-state index is 13.6. The van der Waals surface area contributed by atoms with E-state index in [1.165, 1.54) is 0 Å². The molecule has 0 unspecified atom stereocenters. The number of rotatable bonds is 7. The van der Waals surface area contributed by atoms with Crippen molar-refractivity contribution in [3.63, 3.8) is 0 Å². The smallest absolute Gasteiger partial charge is 0.411 e. The molecule has 0 saturated carbocycles. The molecular formula is C13H16F5NO2. The van der Waals surface area contributed by atoms with E-state index in [-0.39, 0.29) is 12.6 Å². The average molecular weight is 313 g/mol. The van der Waals surface area contributed by atoms with Gasteiger partial charge in [0.2, 0.25) is 0 Å². The lowest BCUT2D eigenvalue weighted by Crippen LogP contribution is -2.22. The Kier molecular flexibility index (Phi) is 6.35. The van der Waals surface area contributed by atoms with Crippen molar-refractivity contribution in [1.82, 2.24) is 5.32 Å². The van der Waals surface area contributed by atoms with Crippen LogP contribution in [0.15, 0.2) is 12.1 Å². The van der Waals surface area contributed by atoms with Gasteiger partial charge in [0, 0.05) is 12.6 Å². The summed E-state index contributed by atoms with van der Waals surface area (Å²) in [6.07, 6.45) is -4.52. The number of nitrogens with one attached hydrogen (secondary N) is 1. The van der Waals surface area contributed by atoms with Crippen LogP contribution in [0.5, 0.6) is 5.75 Å². The molecule has 3 nitrogen and oxygen atoms in total. The van der Waals surface area contributed by atoms with Crippen molar-refractivity contribution in [3.8, 4) is 5.75 Å². The Labute approximate surface area is 119 Å². The van der Waals surface area contributed by atoms with Crippen LogP contribution in [0, 0.1) is 11.6 Å². The lowest BCUT2D eigenvalue weighted by molar-refractivity contribution is -0.187. The van der Waals surface area contributed by atoms with E-state index in [9.17, 15) is 22.0 Å². The highest BCUT2D eigenvalue weighted by atomic mass is 19.4. The van der Waals surface area contributed by atoms with Crippen molar-refractivity contribution in [2.75, 3.05) is 13.4 Å². The van der Waals surface area contributed by atoms with Gasteiger partial charge in [-0.3, -0.25) is 0 Å². The third kappa shape index (κ3) is 6.72. The van der Waals surface area contributed by atoms with Crippen molar-refractivity contribution in [3.05, 3.63) is 29.3 Å². The summed E-state index contributed by atoms with van der Waals surface area (Å²) in [6, 6.07) is 2.25. The first-order valence-electron chi connectivity index (χ1n) is 6.17. The van der Waals surface area contributed by atoms with Gasteiger partial charge < -0.3 is 14.8 Å². The Morgan fingerprint density at radius 3 is 2.19 bits per heavy atom. The number of alkyl halides is 3. The Balaban J connectivity index is 2.59. The molecule has 0 aromatic heterocycles. The lowest BCUT2D eigenvalue weighted by Gasteiger charge is -2.12. The monoisotopic (exact) mass is 313 g/mol. The number of halogens is 5. The fourth-order valence-electron chi connectivity index (χ4n) is 1.43. The van der Waals surface area contributed by atoms with Crippen LogP contribution in [-0.4, -0.2) is 25.6 Å². The highest BCUT2D eigenvalue weighted by Crippen LogP contribution is 2.24. The summed E-state index contributed by atoms with van der Waals surface area (Å²) >= 11 is 0. The Morgan fingerprint density at radius 2 is 1.71 bits per heavy atom. The third-order valence-corrected chi connectivity index (χ3v) is 2.32. The predicted octanol–water partition coefficient (Wildman–Crippen LogP) is 3.38. The molecule has 1 aromatic rings. The van der Waals surface area contributed by atoms with E-state index in [1.807, 2.05) is 13.8 Å². The van der Waals surface area contributed by atoms with E-state index < -0.39 is 37.0 Å². The lowest BCUT2D eigenvalue weighted by atomic mass is 10.2. The molecule has 1 aromatic carbocycles. The van der Waals surface area contributed by atoms with E-state index in [0.717, 1.165) is 12.1 Å². The summed E-state index contributed by atoms with van der Waals surface area (Å²) < 4.78 is 71.4. The van der Waals surface area contributed by atoms with Gasteiger partial charge in [0.1, 0.15) is 6.61 Å². The minimum absolute atomic E-state index is 0.141. The molecule has 0 amide bonds. The summed E-state index contributed by atoms with van der Waals surface area (Å²) in [5.74, 6) is -2.75. The topological polar surface area (TPSA) is 30.5 Å². The summed E-state index contributed by atoms with van der Waals surface area (Å²) in [6.45, 7) is 1.57. The van der Waals surface area contributed by atoms with Crippen LogP contribution in [0.2, 0.25) is 0 Å². The molecule has 1 rings (SSSR count). The molecule has 0 heterocycles. The van der Waals surface area contributed by atoms with E-state index in [1.54, 1.807) is 0 Å². The number of hydrogen-bond donors (Lipinski definition) is 1. The van der Waals surface area contributed by atoms with Gasteiger partial charge in [0.25, 0.3) is 0 Å². The Morgan fingerprint density at radius 1 is 1.14 bits per heavy atom. The highest BCUT2D eigenvalue weighted by molar-refractivity contribution is 5.31. The van der Waals surface area contributed by atoms with Crippen LogP contribution in [0.1, 0.15) is 19.4 Å². The van der Waals surface area contributed by atoms with Crippen LogP contribution in [0.4, 0.5) is 22.0 Å². The van der Waals surface area contributed by atoms with E-state index >= 15 is 0 Å². The van der Waals surface area contributed by atoms with Crippen LogP contribution < -0.4 is 10.1 Å². The molecule has 0 aliphatic carbocycles. The van der Waals surface area contributed by atoms with Gasteiger partial charge in [-0.15, -0.1) is 0 Å². The van der Waals surface area contributed by atoms with Crippen molar-refractivity contribution in [2.45, 2.75) is 32.6 Å². The molecule has 0 aliphatic heterocycles. The Hall–Kier alpha value is -1.41. The second-order valence-corrected chi connectivity index (χ2v) is 4.65. The third-order valence-electron chi connectivity index (χ3n) is 2.32. The van der Waals surface area contributed by atoms with Crippen molar-refractivity contribution in [1.29, 1.82) is 0 Å². The first kappa shape index (κ1) is 17.6. The second kappa shape index (κ2) is 7.56. The maximum atomic E-state index is 13.6. The minimum atomic E-state index is -4.52. The van der Waals surface area contributed by atoms with Crippen molar-refractivity contribution in [2.24, 2.45) is 0 Å². The number of hydrogen-bond acceptors (Lipinski definition) is 3. The van der Waals surface area contributed by atoms with Crippen LogP contribution in [-0.2, 0) is 11.3 Å². The first-order valence-corrected chi connectivity index (χ1v) is 6.17. The number of ether oxygens (including phenoxy) is 2. The highest BCUT2D eigenvalue weighted by Gasteiger charge is 2.27. The molecule has 0 saturated heterocycles. The molecule has 0 spiro atoms. The van der Waals surface area contributed by atoms with Crippen molar-refractivity contribution < 1.29 is 31.4 Å². The molecule has 0 radical (unpaired) electrons. The summed E-state index contributed by atoms with van der Waals surface area (Å²) in [7, 11) is 0. The summed E-state index contributed by atoms with van der Waals surface area (Å²) in [5, 5.41) is 2.98. The minimum Gasteiger partial charge on any atom is -0.461 e. The van der Waals surface area contributed by atoms with Gasteiger partial charge in [0.15, 0.2) is 24.2 Å². The van der Waals surface area contributed by atoms with E-state index in [0.29, 0.717) is 5.56 Å². The predicted molar refractivity (Wildman–Crippen MR) is 65.8 cm³/mol. The molecule has 0 aliphatic rings. The fraction of sp³-hybridized carbons (Fsp3) is 0.538. The maximum Gasteiger partial charge on any atom is 0.411 e. The summed E-state index contributed by atoms with van der Waals surface area (Å²) in [5.41, 5.74) is 0.363. The molecule has 120 valence electrons. The zero-order valence-electron chi connectivity index (χ0n) is 11.6. The van der Waals surface area contributed by atoms with Gasteiger partial charge in [0.05, 0.1) is 0 Å². The molecule has 0 atom stereocenters.